The molecule has 0 aliphatic carbocycles. The number of carbonyl (C=O) groups excluding carboxylic acids is 1. The van der Waals surface area contributed by atoms with Gasteiger partial charge in [-0.25, -0.2) is 4.39 Å². The first-order chi connectivity index (χ1) is 10.9. The zero-order valence-electron chi connectivity index (χ0n) is 12.6. The van der Waals surface area contributed by atoms with Crippen molar-refractivity contribution >= 4 is 17.3 Å². The van der Waals surface area contributed by atoms with Gasteiger partial charge in [-0.15, -0.1) is 0 Å². The first kappa shape index (κ1) is 16.6. The van der Waals surface area contributed by atoms with Crippen molar-refractivity contribution in [2.45, 2.75) is 13.0 Å². The SMILES string of the molecule is CO[C@H](C)c1cccc(NC(=O)c2ccc([N+](=O)[O-])cc2F)c1. The van der Waals surface area contributed by atoms with Crippen molar-refractivity contribution in [3.8, 4) is 0 Å². The third kappa shape index (κ3) is 3.89. The summed E-state index contributed by atoms with van der Waals surface area (Å²) in [5, 5.41) is 13.1. The fourth-order valence-electron chi connectivity index (χ4n) is 2.01. The molecule has 1 amide bonds. The van der Waals surface area contributed by atoms with Gasteiger partial charge in [0.15, 0.2) is 0 Å². The molecule has 0 saturated heterocycles. The number of methoxy groups -OCH3 is 1. The average molecular weight is 318 g/mol. The second-order valence-corrected chi connectivity index (χ2v) is 4.88. The van der Waals surface area contributed by atoms with Crippen molar-refractivity contribution in [1.82, 2.24) is 0 Å². The molecule has 0 radical (unpaired) electrons. The van der Waals surface area contributed by atoms with Crippen molar-refractivity contribution in [2.75, 3.05) is 12.4 Å². The van der Waals surface area contributed by atoms with Gasteiger partial charge in [-0.2, -0.15) is 0 Å². The number of hydrogen-bond acceptors (Lipinski definition) is 4. The van der Waals surface area contributed by atoms with Crippen LogP contribution in [0.5, 0.6) is 0 Å². The normalized spacial score (nSPS) is 11.8. The van der Waals surface area contributed by atoms with Gasteiger partial charge in [-0.3, -0.25) is 14.9 Å². The Bertz CT molecular complexity index is 749. The molecule has 23 heavy (non-hydrogen) atoms. The second kappa shape index (κ2) is 6.97. The number of nitro benzene ring substituents is 1. The predicted octanol–water partition coefficient (Wildman–Crippen LogP) is 3.69. The first-order valence-electron chi connectivity index (χ1n) is 6.80. The van der Waals surface area contributed by atoms with E-state index in [1.807, 2.05) is 13.0 Å². The van der Waals surface area contributed by atoms with Crippen molar-refractivity contribution in [2.24, 2.45) is 0 Å². The molecule has 6 nitrogen and oxygen atoms in total. The van der Waals surface area contributed by atoms with Gasteiger partial charge in [0.05, 0.1) is 22.7 Å². The van der Waals surface area contributed by atoms with Gasteiger partial charge in [0, 0.05) is 18.9 Å². The number of anilines is 1. The van der Waals surface area contributed by atoms with Crippen LogP contribution in [0.3, 0.4) is 0 Å². The number of rotatable bonds is 5. The Balaban J connectivity index is 2.21. The second-order valence-electron chi connectivity index (χ2n) is 4.88. The molecular formula is C16H15FN2O4. The minimum absolute atomic E-state index is 0.150. The van der Waals surface area contributed by atoms with Crippen molar-refractivity contribution in [3.63, 3.8) is 0 Å². The van der Waals surface area contributed by atoms with Gasteiger partial charge < -0.3 is 10.1 Å². The Kier molecular flexibility index (Phi) is 5.02. The summed E-state index contributed by atoms with van der Waals surface area (Å²) in [7, 11) is 1.57. The summed E-state index contributed by atoms with van der Waals surface area (Å²) in [6, 6.07) is 9.86. The highest BCUT2D eigenvalue weighted by molar-refractivity contribution is 6.04. The summed E-state index contributed by atoms with van der Waals surface area (Å²) in [6.07, 6.45) is -0.150. The molecule has 0 saturated carbocycles. The predicted molar refractivity (Wildman–Crippen MR) is 82.9 cm³/mol. The van der Waals surface area contributed by atoms with E-state index in [2.05, 4.69) is 5.32 Å². The van der Waals surface area contributed by atoms with Crippen LogP contribution in [0.15, 0.2) is 42.5 Å². The molecule has 1 atom stereocenters. The van der Waals surface area contributed by atoms with E-state index in [0.717, 1.165) is 23.8 Å². The fourth-order valence-corrected chi connectivity index (χ4v) is 2.01. The summed E-state index contributed by atoms with van der Waals surface area (Å²) in [5.74, 6) is -1.63. The van der Waals surface area contributed by atoms with Crippen LogP contribution in [0.25, 0.3) is 0 Å². The largest absolute Gasteiger partial charge is 0.377 e. The van der Waals surface area contributed by atoms with E-state index in [1.165, 1.54) is 0 Å². The molecule has 0 unspecified atom stereocenters. The quantitative estimate of drug-likeness (QED) is 0.673. The Morgan fingerprint density at radius 3 is 2.65 bits per heavy atom. The van der Waals surface area contributed by atoms with E-state index in [9.17, 15) is 19.3 Å². The Morgan fingerprint density at radius 2 is 2.04 bits per heavy atom. The Labute approximate surface area is 132 Å². The van der Waals surface area contributed by atoms with Crippen LogP contribution in [0.4, 0.5) is 15.8 Å². The summed E-state index contributed by atoms with van der Waals surface area (Å²) in [6.45, 7) is 1.86. The molecule has 0 aromatic heterocycles. The van der Waals surface area contributed by atoms with Gasteiger partial charge in [-0.05, 0) is 30.7 Å². The lowest BCUT2D eigenvalue weighted by atomic mass is 10.1. The number of halogens is 1. The van der Waals surface area contributed by atoms with Crippen molar-refractivity contribution < 1.29 is 18.8 Å². The molecule has 0 heterocycles. The number of nitrogens with one attached hydrogen (secondary N) is 1. The van der Waals surface area contributed by atoms with Crippen LogP contribution < -0.4 is 5.32 Å². The van der Waals surface area contributed by atoms with Gasteiger partial charge in [0.25, 0.3) is 11.6 Å². The third-order valence-electron chi connectivity index (χ3n) is 3.38. The minimum Gasteiger partial charge on any atom is -0.377 e. The standard InChI is InChI=1S/C16H15FN2O4/c1-10(23-2)11-4-3-5-12(8-11)18-16(20)14-7-6-13(19(21)22)9-15(14)17/h3-10H,1-2H3,(H,18,20)/t10-/m1/s1. The molecular weight excluding hydrogens is 303 g/mol. The maximum Gasteiger partial charge on any atom is 0.272 e. The first-order valence-corrected chi connectivity index (χ1v) is 6.80. The van der Waals surface area contributed by atoms with Crippen LogP contribution in [0, 0.1) is 15.9 Å². The Morgan fingerprint density at radius 1 is 1.30 bits per heavy atom. The zero-order chi connectivity index (χ0) is 17.0. The van der Waals surface area contributed by atoms with E-state index < -0.39 is 22.3 Å². The molecule has 0 aliphatic rings. The van der Waals surface area contributed by atoms with E-state index >= 15 is 0 Å². The highest BCUT2D eigenvalue weighted by atomic mass is 19.1. The highest BCUT2D eigenvalue weighted by Gasteiger charge is 2.16. The number of amides is 1. The topological polar surface area (TPSA) is 81.5 Å². The summed E-state index contributed by atoms with van der Waals surface area (Å²) < 4.78 is 19.0. The fraction of sp³-hybridized carbons (Fsp3) is 0.188. The van der Waals surface area contributed by atoms with E-state index in [4.69, 9.17) is 4.74 Å². The molecule has 0 bridgehead atoms. The number of carbonyl (C=O) groups is 1. The van der Waals surface area contributed by atoms with Crippen LogP contribution in [0.1, 0.15) is 28.9 Å². The minimum atomic E-state index is -0.946. The number of nitrogens with zero attached hydrogens (tertiary/aromatic N) is 1. The zero-order valence-corrected chi connectivity index (χ0v) is 12.6. The van der Waals surface area contributed by atoms with Crippen LogP contribution >= 0.6 is 0 Å². The number of benzene rings is 2. The molecule has 1 N–H and O–H groups in total. The monoisotopic (exact) mass is 318 g/mol. The van der Waals surface area contributed by atoms with E-state index in [0.29, 0.717) is 5.69 Å². The average Bonchev–Trinajstić information content (AvgIpc) is 2.53. The van der Waals surface area contributed by atoms with Gasteiger partial charge in [0.1, 0.15) is 5.82 Å². The van der Waals surface area contributed by atoms with Gasteiger partial charge in [0.2, 0.25) is 0 Å². The van der Waals surface area contributed by atoms with Crippen LogP contribution in [-0.2, 0) is 4.74 Å². The van der Waals surface area contributed by atoms with Gasteiger partial charge in [-0.1, -0.05) is 12.1 Å². The van der Waals surface area contributed by atoms with Crippen LogP contribution in [0.2, 0.25) is 0 Å². The smallest absolute Gasteiger partial charge is 0.272 e. The number of hydrogen-bond donors (Lipinski definition) is 1. The molecule has 0 fully saturated rings. The summed E-state index contributed by atoms with van der Waals surface area (Å²) in [4.78, 5) is 22.0. The number of non-ortho nitro benzene ring substituents is 1. The summed E-state index contributed by atoms with van der Waals surface area (Å²) >= 11 is 0. The maximum atomic E-state index is 13.8. The Hall–Kier alpha value is -2.80. The molecule has 0 aliphatic heterocycles. The third-order valence-corrected chi connectivity index (χ3v) is 3.38. The molecule has 0 spiro atoms. The maximum absolute atomic E-state index is 13.8. The molecule has 2 aromatic rings. The lowest BCUT2D eigenvalue weighted by Gasteiger charge is -2.12. The van der Waals surface area contributed by atoms with Gasteiger partial charge >= 0.3 is 0 Å². The summed E-state index contributed by atoms with van der Waals surface area (Å²) in [5.41, 5.74) is 0.666. The van der Waals surface area contributed by atoms with E-state index in [1.54, 1.807) is 25.3 Å². The molecule has 120 valence electrons. The number of nitro groups is 1. The molecule has 7 heteroatoms. The lowest BCUT2D eigenvalue weighted by Crippen LogP contribution is -2.14. The van der Waals surface area contributed by atoms with Crippen LogP contribution in [-0.4, -0.2) is 17.9 Å². The van der Waals surface area contributed by atoms with Crippen molar-refractivity contribution in [1.29, 1.82) is 0 Å². The highest BCUT2D eigenvalue weighted by Crippen LogP contribution is 2.21. The number of ether oxygens (including phenoxy) is 1. The van der Waals surface area contributed by atoms with E-state index in [-0.39, 0.29) is 11.7 Å². The molecule has 2 aromatic carbocycles. The molecule has 2 rings (SSSR count). The van der Waals surface area contributed by atoms with Crippen molar-refractivity contribution in [3.05, 3.63) is 69.5 Å². The lowest BCUT2D eigenvalue weighted by molar-refractivity contribution is -0.385.